The Morgan fingerprint density at radius 3 is 2.53 bits per heavy atom. The number of nitro benzene ring substituents is 1. The zero-order valence-corrected chi connectivity index (χ0v) is 10.7. The Bertz CT molecular complexity index is 353. The second-order valence-electron chi connectivity index (χ2n) is 3.90. The van der Waals surface area contributed by atoms with E-state index in [4.69, 9.17) is 5.11 Å². The third kappa shape index (κ3) is 4.75. The molecule has 1 unspecified atom stereocenters. The standard InChI is InChI=1S/C12H17NO3S/c1-2-3-10(8-14)9-17-12-6-4-11(5-7-12)13(15)16/h4-7,10,14H,2-3,8-9H2,1H3. The molecule has 0 aliphatic carbocycles. The average Bonchev–Trinajstić information content (AvgIpc) is 2.35. The van der Waals surface area contributed by atoms with Crippen LogP contribution in [0.5, 0.6) is 0 Å². The van der Waals surface area contributed by atoms with E-state index in [1.807, 2.05) is 0 Å². The largest absolute Gasteiger partial charge is 0.396 e. The number of benzene rings is 1. The SMILES string of the molecule is CCCC(CO)CSc1ccc([N+](=O)[O-])cc1. The van der Waals surface area contributed by atoms with E-state index in [1.165, 1.54) is 12.1 Å². The number of aliphatic hydroxyl groups excluding tert-OH is 1. The monoisotopic (exact) mass is 255 g/mol. The van der Waals surface area contributed by atoms with Gasteiger partial charge in [0.05, 0.1) is 4.92 Å². The van der Waals surface area contributed by atoms with Crippen LogP contribution >= 0.6 is 11.8 Å². The molecule has 17 heavy (non-hydrogen) atoms. The van der Waals surface area contributed by atoms with Gasteiger partial charge in [0.1, 0.15) is 0 Å². The van der Waals surface area contributed by atoms with Crippen molar-refractivity contribution in [3.63, 3.8) is 0 Å². The van der Waals surface area contributed by atoms with Gasteiger partial charge in [-0.1, -0.05) is 13.3 Å². The summed E-state index contributed by atoms with van der Waals surface area (Å²) in [5, 5.41) is 19.6. The fourth-order valence-corrected chi connectivity index (χ4v) is 2.54. The zero-order valence-electron chi connectivity index (χ0n) is 9.83. The third-order valence-electron chi connectivity index (χ3n) is 2.49. The number of hydrogen-bond acceptors (Lipinski definition) is 4. The smallest absolute Gasteiger partial charge is 0.269 e. The van der Waals surface area contributed by atoms with E-state index in [1.54, 1.807) is 23.9 Å². The molecule has 1 aromatic rings. The van der Waals surface area contributed by atoms with Gasteiger partial charge in [-0.3, -0.25) is 10.1 Å². The fourth-order valence-electron chi connectivity index (χ4n) is 1.51. The lowest BCUT2D eigenvalue weighted by Crippen LogP contribution is -2.08. The van der Waals surface area contributed by atoms with Crippen molar-refractivity contribution in [1.82, 2.24) is 0 Å². The summed E-state index contributed by atoms with van der Waals surface area (Å²) >= 11 is 1.63. The van der Waals surface area contributed by atoms with Crippen molar-refractivity contribution in [2.24, 2.45) is 5.92 Å². The van der Waals surface area contributed by atoms with Gasteiger partial charge in [0, 0.05) is 29.4 Å². The second-order valence-corrected chi connectivity index (χ2v) is 4.99. The summed E-state index contributed by atoms with van der Waals surface area (Å²) in [4.78, 5) is 11.1. The Morgan fingerprint density at radius 1 is 1.41 bits per heavy atom. The molecule has 0 bridgehead atoms. The van der Waals surface area contributed by atoms with Crippen LogP contribution in [0.1, 0.15) is 19.8 Å². The molecule has 1 N–H and O–H groups in total. The molecule has 0 saturated carbocycles. The second kappa shape index (κ2) is 7.29. The minimum atomic E-state index is -0.401. The molecule has 0 fully saturated rings. The quantitative estimate of drug-likeness (QED) is 0.462. The molecule has 0 saturated heterocycles. The van der Waals surface area contributed by atoms with E-state index < -0.39 is 4.92 Å². The van der Waals surface area contributed by atoms with Gasteiger partial charge in [-0.15, -0.1) is 11.8 Å². The van der Waals surface area contributed by atoms with Gasteiger partial charge in [-0.25, -0.2) is 0 Å². The molecule has 5 heteroatoms. The lowest BCUT2D eigenvalue weighted by molar-refractivity contribution is -0.384. The highest BCUT2D eigenvalue weighted by molar-refractivity contribution is 7.99. The van der Waals surface area contributed by atoms with Crippen LogP contribution in [0.2, 0.25) is 0 Å². The minimum absolute atomic E-state index is 0.113. The summed E-state index contributed by atoms with van der Waals surface area (Å²) in [6.45, 7) is 2.30. The van der Waals surface area contributed by atoms with E-state index in [0.717, 1.165) is 23.5 Å². The zero-order chi connectivity index (χ0) is 12.7. The Kier molecular flexibility index (Phi) is 6.00. The molecular formula is C12H17NO3S. The summed E-state index contributed by atoms with van der Waals surface area (Å²) in [6.07, 6.45) is 2.07. The van der Waals surface area contributed by atoms with Crippen molar-refractivity contribution in [2.75, 3.05) is 12.4 Å². The molecule has 1 atom stereocenters. The molecule has 1 aromatic carbocycles. The topological polar surface area (TPSA) is 63.4 Å². The Labute approximate surface area is 105 Å². The van der Waals surface area contributed by atoms with Gasteiger partial charge in [0.2, 0.25) is 0 Å². The highest BCUT2D eigenvalue weighted by atomic mass is 32.2. The van der Waals surface area contributed by atoms with Crippen LogP contribution in [-0.4, -0.2) is 22.4 Å². The Balaban J connectivity index is 2.48. The molecule has 0 amide bonds. The highest BCUT2D eigenvalue weighted by Gasteiger charge is 2.08. The van der Waals surface area contributed by atoms with Crippen LogP contribution < -0.4 is 0 Å². The molecule has 0 aromatic heterocycles. The summed E-state index contributed by atoms with van der Waals surface area (Å²) in [7, 11) is 0. The number of hydrogen-bond donors (Lipinski definition) is 1. The van der Waals surface area contributed by atoms with Crippen molar-refractivity contribution in [3.8, 4) is 0 Å². The number of nitrogens with zero attached hydrogens (tertiary/aromatic N) is 1. The number of thioether (sulfide) groups is 1. The molecule has 0 aliphatic rings. The van der Waals surface area contributed by atoms with Crippen molar-refractivity contribution in [1.29, 1.82) is 0 Å². The van der Waals surface area contributed by atoms with Gasteiger partial charge >= 0.3 is 0 Å². The first kappa shape index (κ1) is 14.0. The van der Waals surface area contributed by atoms with Gasteiger partial charge in [0.25, 0.3) is 5.69 Å². The van der Waals surface area contributed by atoms with Gasteiger partial charge in [0.15, 0.2) is 0 Å². The lowest BCUT2D eigenvalue weighted by atomic mass is 10.1. The molecule has 0 heterocycles. The average molecular weight is 255 g/mol. The van der Waals surface area contributed by atoms with E-state index in [9.17, 15) is 10.1 Å². The van der Waals surface area contributed by atoms with Crippen LogP contribution in [0.3, 0.4) is 0 Å². The van der Waals surface area contributed by atoms with Crippen LogP contribution in [0, 0.1) is 16.0 Å². The third-order valence-corrected chi connectivity index (χ3v) is 3.73. The summed E-state index contributed by atoms with van der Waals surface area (Å²) in [6, 6.07) is 6.53. The van der Waals surface area contributed by atoms with Crippen LogP contribution in [0.15, 0.2) is 29.2 Å². The van der Waals surface area contributed by atoms with Crippen molar-refractivity contribution < 1.29 is 10.0 Å². The van der Waals surface area contributed by atoms with E-state index in [-0.39, 0.29) is 12.3 Å². The predicted octanol–water partition coefficient (Wildman–Crippen LogP) is 3.10. The first-order valence-electron chi connectivity index (χ1n) is 5.65. The van der Waals surface area contributed by atoms with Gasteiger partial charge < -0.3 is 5.11 Å². The van der Waals surface area contributed by atoms with E-state index >= 15 is 0 Å². The molecule has 4 nitrogen and oxygen atoms in total. The van der Waals surface area contributed by atoms with Crippen LogP contribution in [0.4, 0.5) is 5.69 Å². The fraction of sp³-hybridized carbons (Fsp3) is 0.500. The molecule has 1 rings (SSSR count). The van der Waals surface area contributed by atoms with Crippen molar-refractivity contribution in [3.05, 3.63) is 34.4 Å². The highest BCUT2D eigenvalue weighted by Crippen LogP contribution is 2.24. The maximum atomic E-state index is 10.5. The molecule has 0 radical (unpaired) electrons. The molecular weight excluding hydrogens is 238 g/mol. The van der Waals surface area contributed by atoms with Gasteiger partial charge in [-0.2, -0.15) is 0 Å². The van der Waals surface area contributed by atoms with Crippen LogP contribution in [0.25, 0.3) is 0 Å². The van der Waals surface area contributed by atoms with E-state index in [0.29, 0.717) is 5.92 Å². The van der Waals surface area contributed by atoms with E-state index in [2.05, 4.69) is 6.92 Å². The molecule has 94 valence electrons. The first-order chi connectivity index (χ1) is 8.17. The van der Waals surface area contributed by atoms with Gasteiger partial charge in [-0.05, 0) is 24.5 Å². The number of nitro groups is 1. The predicted molar refractivity (Wildman–Crippen MR) is 69.3 cm³/mol. The van der Waals surface area contributed by atoms with Crippen molar-refractivity contribution >= 4 is 17.4 Å². The summed E-state index contributed by atoms with van der Waals surface area (Å²) < 4.78 is 0. The van der Waals surface area contributed by atoms with Crippen molar-refractivity contribution in [2.45, 2.75) is 24.7 Å². The normalized spacial score (nSPS) is 12.4. The number of non-ortho nitro benzene ring substituents is 1. The Hall–Kier alpha value is -1.07. The summed E-state index contributed by atoms with van der Waals surface area (Å²) in [5.41, 5.74) is 0.113. The molecule has 0 aliphatic heterocycles. The minimum Gasteiger partial charge on any atom is -0.396 e. The van der Waals surface area contributed by atoms with Crippen LogP contribution in [-0.2, 0) is 0 Å². The summed E-state index contributed by atoms with van der Waals surface area (Å²) in [5.74, 6) is 1.16. The number of rotatable bonds is 7. The maximum absolute atomic E-state index is 10.5. The number of aliphatic hydroxyl groups is 1. The maximum Gasteiger partial charge on any atom is 0.269 e. The Morgan fingerprint density at radius 2 is 2.06 bits per heavy atom. The first-order valence-corrected chi connectivity index (χ1v) is 6.64. The lowest BCUT2D eigenvalue weighted by Gasteiger charge is -2.11. The molecule has 0 spiro atoms.